The average molecular weight is 449 g/mol. The first-order valence-corrected chi connectivity index (χ1v) is 11.2. The maximum Gasteiger partial charge on any atom is 0.303 e. The number of carboxylic acid groups (broad SMARTS) is 1. The van der Waals surface area contributed by atoms with Gasteiger partial charge in [0, 0.05) is 31.3 Å². The van der Waals surface area contributed by atoms with Crippen LogP contribution in [-0.2, 0) is 9.59 Å². The lowest BCUT2D eigenvalue weighted by atomic mass is 9.94. The highest BCUT2D eigenvalue weighted by Crippen LogP contribution is 2.31. The number of pyridine rings is 1. The summed E-state index contributed by atoms with van der Waals surface area (Å²) in [5, 5.41) is 10.4. The first kappa shape index (κ1) is 22.6. The second kappa shape index (κ2) is 9.48. The molecule has 1 aromatic heterocycles. The van der Waals surface area contributed by atoms with Crippen LogP contribution in [0.25, 0.3) is 21.9 Å². The second-order valence-corrected chi connectivity index (χ2v) is 8.70. The molecule has 33 heavy (non-hydrogen) atoms. The van der Waals surface area contributed by atoms with Gasteiger partial charge in [0.2, 0.25) is 0 Å². The molecule has 0 radical (unpaired) electrons. The number of amides is 1. The molecular formula is C26H28N2O5. The number of carbonyl (C=O) groups is 2. The molecule has 0 bridgehead atoms. The quantitative estimate of drug-likeness (QED) is 0.594. The molecule has 1 aliphatic rings. The fraction of sp³-hybridized carbons (Fsp3) is 0.346. The minimum atomic E-state index is -0.843. The number of nitrogens with zero attached hydrogens (tertiary/aromatic N) is 1. The number of aromatic nitrogens is 1. The molecule has 3 aromatic rings. The summed E-state index contributed by atoms with van der Waals surface area (Å²) in [7, 11) is 0. The van der Waals surface area contributed by atoms with E-state index < -0.39 is 12.1 Å². The fourth-order valence-electron chi connectivity index (χ4n) is 4.60. The fourth-order valence-corrected chi connectivity index (χ4v) is 4.60. The van der Waals surface area contributed by atoms with E-state index in [1.807, 2.05) is 37.3 Å². The number of benzene rings is 2. The van der Waals surface area contributed by atoms with Crippen LogP contribution in [0.4, 0.5) is 0 Å². The van der Waals surface area contributed by atoms with Gasteiger partial charge < -0.3 is 19.7 Å². The van der Waals surface area contributed by atoms with Gasteiger partial charge in [0.1, 0.15) is 5.75 Å². The van der Waals surface area contributed by atoms with E-state index in [0.29, 0.717) is 24.2 Å². The third kappa shape index (κ3) is 4.92. The van der Waals surface area contributed by atoms with E-state index >= 15 is 0 Å². The Kier molecular flexibility index (Phi) is 6.49. The zero-order valence-electron chi connectivity index (χ0n) is 18.8. The lowest BCUT2D eigenvalue weighted by molar-refractivity contribution is -0.143. The summed E-state index contributed by atoms with van der Waals surface area (Å²) in [6, 6.07) is 13.3. The standard InChI is InChI=1S/C26H28N2O5/c1-16-6-3-4-8-20(16)23-14-27-25(31)22-13-19(9-10-21(22)23)33-17(2)26(32)28-11-5-7-18(15-28)12-24(29)30/h3-4,6,8-10,13-14,17-18H,5,7,11-12,15H2,1-2H3,(H,27,31)(H,29,30)/t17-,18+/m1/s1. The summed E-state index contributed by atoms with van der Waals surface area (Å²) in [6.45, 7) is 4.73. The van der Waals surface area contributed by atoms with Crippen LogP contribution in [0.3, 0.4) is 0 Å². The number of aromatic amines is 1. The number of ether oxygens (including phenoxy) is 1. The van der Waals surface area contributed by atoms with Crippen LogP contribution in [0.15, 0.2) is 53.5 Å². The molecule has 0 unspecified atom stereocenters. The molecule has 2 atom stereocenters. The smallest absolute Gasteiger partial charge is 0.303 e. The number of rotatable bonds is 6. The van der Waals surface area contributed by atoms with E-state index in [2.05, 4.69) is 4.98 Å². The largest absolute Gasteiger partial charge is 0.481 e. The summed E-state index contributed by atoms with van der Waals surface area (Å²) in [5.41, 5.74) is 2.85. The van der Waals surface area contributed by atoms with E-state index in [-0.39, 0.29) is 23.8 Å². The minimum Gasteiger partial charge on any atom is -0.481 e. The highest BCUT2D eigenvalue weighted by molar-refractivity contribution is 5.97. The normalized spacial score (nSPS) is 17.0. The topological polar surface area (TPSA) is 99.7 Å². The third-order valence-electron chi connectivity index (χ3n) is 6.26. The van der Waals surface area contributed by atoms with E-state index in [9.17, 15) is 14.4 Å². The van der Waals surface area contributed by atoms with Crippen LogP contribution in [-0.4, -0.2) is 46.1 Å². The minimum absolute atomic E-state index is 0.0357. The van der Waals surface area contributed by atoms with Crippen LogP contribution < -0.4 is 10.3 Å². The molecule has 4 rings (SSSR count). The number of carbonyl (C=O) groups excluding carboxylic acids is 1. The summed E-state index contributed by atoms with van der Waals surface area (Å²) < 4.78 is 5.92. The van der Waals surface area contributed by atoms with Crippen molar-refractivity contribution < 1.29 is 19.4 Å². The lowest BCUT2D eigenvalue weighted by Gasteiger charge is -2.33. The monoisotopic (exact) mass is 448 g/mol. The molecule has 2 N–H and O–H groups in total. The van der Waals surface area contributed by atoms with Gasteiger partial charge in [-0.15, -0.1) is 0 Å². The van der Waals surface area contributed by atoms with Gasteiger partial charge in [0.15, 0.2) is 6.10 Å². The number of H-pyrrole nitrogens is 1. The summed E-state index contributed by atoms with van der Waals surface area (Å²) >= 11 is 0. The molecule has 0 aliphatic carbocycles. The van der Waals surface area contributed by atoms with Crippen molar-refractivity contribution in [2.75, 3.05) is 13.1 Å². The van der Waals surface area contributed by atoms with Gasteiger partial charge in [0.05, 0.1) is 5.39 Å². The van der Waals surface area contributed by atoms with Gasteiger partial charge in [-0.3, -0.25) is 14.4 Å². The molecule has 1 amide bonds. The average Bonchev–Trinajstić information content (AvgIpc) is 2.79. The van der Waals surface area contributed by atoms with Crippen molar-refractivity contribution in [3.05, 3.63) is 64.6 Å². The Hall–Kier alpha value is -3.61. The van der Waals surface area contributed by atoms with E-state index in [4.69, 9.17) is 9.84 Å². The predicted octanol–water partition coefficient (Wildman–Crippen LogP) is 3.98. The Labute approximate surface area is 192 Å². The first-order valence-electron chi connectivity index (χ1n) is 11.2. The second-order valence-electron chi connectivity index (χ2n) is 8.70. The van der Waals surface area contributed by atoms with Crippen molar-refractivity contribution in [2.24, 2.45) is 5.92 Å². The summed E-state index contributed by atoms with van der Waals surface area (Å²) in [5.74, 6) is -0.612. The van der Waals surface area contributed by atoms with Crippen molar-refractivity contribution in [3.8, 4) is 16.9 Å². The predicted molar refractivity (Wildman–Crippen MR) is 126 cm³/mol. The van der Waals surface area contributed by atoms with Crippen LogP contribution in [0.2, 0.25) is 0 Å². The number of hydrogen-bond acceptors (Lipinski definition) is 4. The number of fused-ring (bicyclic) bond motifs is 1. The van der Waals surface area contributed by atoms with Crippen LogP contribution in [0.5, 0.6) is 5.75 Å². The van der Waals surface area contributed by atoms with Crippen LogP contribution in [0, 0.1) is 12.8 Å². The molecule has 2 heterocycles. The Morgan fingerprint density at radius 2 is 1.97 bits per heavy atom. The van der Waals surface area contributed by atoms with Crippen molar-refractivity contribution in [2.45, 2.75) is 39.2 Å². The van der Waals surface area contributed by atoms with Crippen LogP contribution in [0.1, 0.15) is 31.7 Å². The SMILES string of the molecule is Cc1ccccc1-c1c[nH]c(=O)c2cc(O[C@H](C)C(=O)N3CCC[C@@H](CC(=O)O)C3)ccc12. The van der Waals surface area contributed by atoms with Crippen molar-refractivity contribution in [1.29, 1.82) is 0 Å². The number of likely N-dealkylation sites (tertiary alicyclic amines) is 1. The lowest BCUT2D eigenvalue weighted by Crippen LogP contribution is -2.46. The summed E-state index contributed by atoms with van der Waals surface area (Å²) in [4.78, 5) is 41.0. The molecule has 1 aliphatic heterocycles. The number of nitrogens with one attached hydrogen (secondary N) is 1. The third-order valence-corrected chi connectivity index (χ3v) is 6.26. The summed E-state index contributed by atoms with van der Waals surface area (Å²) in [6.07, 6.45) is 2.63. The van der Waals surface area contributed by atoms with E-state index in [1.54, 1.807) is 30.2 Å². The molecule has 2 aromatic carbocycles. The van der Waals surface area contributed by atoms with Gasteiger partial charge in [-0.1, -0.05) is 24.3 Å². The Morgan fingerprint density at radius 3 is 2.73 bits per heavy atom. The number of piperidine rings is 1. The van der Waals surface area contributed by atoms with E-state index in [1.165, 1.54) is 0 Å². The van der Waals surface area contributed by atoms with Crippen LogP contribution >= 0.6 is 0 Å². The Morgan fingerprint density at radius 1 is 1.18 bits per heavy atom. The molecule has 0 spiro atoms. The number of aryl methyl sites for hydroxylation is 1. The number of hydrogen-bond donors (Lipinski definition) is 2. The first-order chi connectivity index (χ1) is 15.8. The molecule has 1 fully saturated rings. The van der Waals surface area contributed by atoms with Gasteiger partial charge in [0.25, 0.3) is 11.5 Å². The van der Waals surface area contributed by atoms with Gasteiger partial charge in [-0.05, 0) is 67.3 Å². The zero-order chi connectivity index (χ0) is 23.5. The van der Waals surface area contributed by atoms with Crippen molar-refractivity contribution >= 4 is 22.6 Å². The Balaban J connectivity index is 1.55. The van der Waals surface area contributed by atoms with Gasteiger partial charge >= 0.3 is 5.97 Å². The molecule has 0 saturated carbocycles. The number of aliphatic carboxylic acids is 1. The highest BCUT2D eigenvalue weighted by Gasteiger charge is 2.29. The van der Waals surface area contributed by atoms with Crippen molar-refractivity contribution in [3.63, 3.8) is 0 Å². The zero-order valence-corrected chi connectivity index (χ0v) is 18.8. The van der Waals surface area contributed by atoms with E-state index in [0.717, 1.165) is 34.9 Å². The maximum absolute atomic E-state index is 12.9. The molecule has 1 saturated heterocycles. The Bertz CT molecular complexity index is 1250. The van der Waals surface area contributed by atoms with Crippen molar-refractivity contribution in [1.82, 2.24) is 9.88 Å². The molecular weight excluding hydrogens is 420 g/mol. The highest BCUT2D eigenvalue weighted by atomic mass is 16.5. The molecule has 7 nitrogen and oxygen atoms in total. The maximum atomic E-state index is 12.9. The molecule has 7 heteroatoms. The van der Waals surface area contributed by atoms with Gasteiger partial charge in [-0.2, -0.15) is 0 Å². The molecule has 172 valence electrons. The number of carboxylic acids is 1. The van der Waals surface area contributed by atoms with Gasteiger partial charge in [-0.25, -0.2) is 0 Å².